The zero-order valence-electron chi connectivity index (χ0n) is 28.6. The fourth-order valence-corrected chi connectivity index (χ4v) is 6.85. The number of benzene rings is 7. The Morgan fingerprint density at radius 1 is 0.453 bits per heavy atom. The maximum absolute atomic E-state index is 8.85. The van der Waals surface area contributed by atoms with Gasteiger partial charge in [0.15, 0.2) is 17.5 Å². The lowest BCUT2D eigenvalue weighted by atomic mass is 9.87. The topological polar surface area (TPSA) is 86.9 Å². The van der Waals surface area contributed by atoms with Gasteiger partial charge in [-0.1, -0.05) is 158 Å². The minimum Gasteiger partial charge on any atom is -0.299 e. The van der Waals surface area contributed by atoms with Crippen molar-refractivity contribution in [3.8, 4) is 56.4 Å². The molecule has 7 aromatic carbocycles. The van der Waals surface area contributed by atoms with Gasteiger partial charge in [-0.15, -0.1) is 0 Å². The number of anilines is 1. The molecule has 0 fully saturated rings. The number of aromatic nitrogens is 3. The Morgan fingerprint density at radius 3 is 1.64 bits per heavy atom. The molecule has 0 saturated carbocycles. The normalized spacial score (nSPS) is 12.9. The van der Waals surface area contributed by atoms with Gasteiger partial charge in [0.1, 0.15) is 5.71 Å². The predicted molar refractivity (Wildman–Crippen MR) is 218 cm³/mol. The Balaban J connectivity index is 1.21. The molecule has 250 valence electrons. The summed E-state index contributed by atoms with van der Waals surface area (Å²) in [4.78, 5) is 15.4. The van der Waals surface area contributed by atoms with Gasteiger partial charge in [-0.3, -0.25) is 10.8 Å². The van der Waals surface area contributed by atoms with Crippen LogP contribution in [0.3, 0.4) is 0 Å². The molecule has 6 nitrogen and oxygen atoms in total. The largest absolute Gasteiger partial charge is 0.299 e. The van der Waals surface area contributed by atoms with Gasteiger partial charge in [0, 0.05) is 22.3 Å². The number of nitrogens with zero attached hydrogens (tertiary/aromatic N) is 4. The van der Waals surface area contributed by atoms with Crippen molar-refractivity contribution in [1.29, 1.82) is 5.41 Å². The molecule has 0 bridgehead atoms. The number of hydrogen-bond donors (Lipinski definition) is 2. The number of allylic oxidation sites excluding steroid dienone is 1. The van der Waals surface area contributed by atoms with E-state index in [0.717, 1.165) is 66.5 Å². The van der Waals surface area contributed by atoms with Gasteiger partial charge in [0.05, 0.1) is 11.4 Å². The highest BCUT2D eigenvalue weighted by Gasteiger charge is 2.22. The van der Waals surface area contributed by atoms with Gasteiger partial charge in [0.25, 0.3) is 0 Å². The Bertz CT molecular complexity index is 2700. The molecule has 6 heteroatoms. The number of fused-ring (bicyclic) bond motifs is 3. The summed E-state index contributed by atoms with van der Waals surface area (Å²) in [6, 6.07) is 57.4. The molecule has 1 aliphatic carbocycles. The average Bonchev–Trinajstić information content (AvgIpc) is 3.24. The quantitative estimate of drug-likeness (QED) is 0.164. The fourth-order valence-electron chi connectivity index (χ4n) is 6.85. The molecule has 8 aromatic rings. The van der Waals surface area contributed by atoms with Crippen LogP contribution in [0, 0.1) is 5.41 Å². The highest BCUT2D eigenvalue weighted by Crippen LogP contribution is 2.37. The first-order valence-electron chi connectivity index (χ1n) is 17.5. The van der Waals surface area contributed by atoms with E-state index in [9.17, 15) is 0 Å². The second-order valence-corrected chi connectivity index (χ2v) is 12.8. The van der Waals surface area contributed by atoms with Crippen LogP contribution in [-0.4, -0.2) is 26.4 Å². The van der Waals surface area contributed by atoms with Crippen LogP contribution in [0.5, 0.6) is 0 Å². The van der Waals surface area contributed by atoms with E-state index in [1.807, 2.05) is 109 Å². The number of rotatable bonds is 7. The molecule has 2 N–H and O–H groups in total. The lowest BCUT2D eigenvalue weighted by Crippen LogP contribution is -2.19. The monoisotopic (exact) mass is 680 g/mol. The standard InChI is InChI=1S/C47H32N6/c48-42-29-28-33-26-24-32-25-27-35(30-41(32)43(33)44(42)53-52-36-18-8-3-9-19-36)38-21-11-13-23-40(38)47-50-45(34-16-6-2-7-17-34)49-46(51-47)39-22-12-10-20-37(39)31-14-4-1-5-15-31/h1-30,48,52H/b48-42?,53-44+. The molecule has 0 radical (unpaired) electrons. The van der Waals surface area contributed by atoms with E-state index >= 15 is 0 Å². The van der Waals surface area contributed by atoms with Crippen LogP contribution in [0.2, 0.25) is 0 Å². The van der Waals surface area contributed by atoms with E-state index in [0.29, 0.717) is 28.9 Å². The smallest absolute Gasteiger partial charge is 0.164 e. The SMILES string of the molecule is N=C1C=Cc2ccc3ccc(-c4ccccc4-c4nc(-c5ccccc5)nc(-c5ccccc5-c5ccccc5)n4)cc3c2/C1=N/Nc1ccccc1. The van der Waals surface area contributed by atoms with Crippen LogP contribution in [0.25, 0.3) is 73.3 Å². The molecule has 0 atom stereocenters. The molecule has 9 rings (SSSR count). The molecule has 0 spiro atoms. The lowest BCUT2D eigenvalue weighted by Gasteiger charge is -2.18. The van der Waals surface area contributed by atoms with Crippen LogP contribution in [-0.2, 0) is 0 Å². The maximum atomic E-state index is 8.85. The van der Waals surface area contributed by atoms with Gasteiger partial charge in [-0.05, 0) is 62.9 Å². The second kappa shape index (κ2) is 13.8. The summed E-state index contributed by atoms with van der Waals surface area (Å²) in [7, 11) is 0. The van der Waals surface area contributed by atoms with E-state index in [2.05, 4.69) is 72.2 Å². The van der Waals surface area contributed by atoms with Gasteiger partial charge in [-0.2, -0.15) is 5.10 Å². The molecule has 1 aliphatic rings. The van der Waals surface area contributed by atoms with E-state index in [1.165, 1.54) is 0 Å². The van der Waals surface area contributed by atoms with Crippen molar-refractivity contribution < 1.29 is 0 Å². The molecule has 0 amide bonds. The van der Waals surface area contributed by atoms with Crippen molar-refractivity contribution in [3.63, 3.8) is 0 Å². The van der Waals surface area contributed by atoms with Crippen molar-refractivity contribution >= 4 is 34.0 Å². The highest BCUT2D eigenvalue weighted by molar-refractivity contribution is 6.55. The summed E-state index contributed by atoms with van der Waals surface area (Å²) in [5.41, 5.74) is 13.8. The number of hydrogen-bond acceptors (Lipinski definition) is 6. The van der Waals surface area contributed by atoms with E-state index < -0.39 is 0 Å². The van der Waals surface area contributed by atoms with Crippen LogP contribution >= 0.6 is 0 Å². The minimum atomic E-state index is 0.348. The van der Waals surface area contributed by atoms with E-state index in [-0.39, 0.29) is 0 Å². The van der Waals surface area contributed by atoms with Crippen LogP contribution in [0.15, 0.2) is 181 Å². The third kappa shape index (κ3) is 6.19. The Kier molecular flexibility index (Phi) is 8.23. The first-order valence-corrected chi connectivity index (χ1v) is 17.5. The van der Waals surface area contributed by atoms with Crippen molar-refractivity contribution in [1.82, 2.24) is 15.0 Å². The van der Waals surface area contributed by atoms with Gasteiger partial charge >= 0.3 is 0 Å². The number of nitrogens with one attached hydrogen (secondary N) is 2. The fraction of sp³-hybridized carbons (Fsp3) is 0. The summed E-state index contributed by atoms with van der Waals surface area (Å²) in [5.74, 6) is 1.79. The minimum absolute atomic E-state index is 0.348. The lowest BCUT2D eigenvalue weighted by molar-refractivity contribution is 1.07. The van der Waals surface area contributed by atoms with Gasteiger partial charge in [-0.25, -0.2) is 15.0 Å². The number of para-hydroxylation sites is 1. The molecule has 1 heterocycles. The number of hydrazone groups is 1. The summed E-state index contributed by atoms with van der Waals surface area (Å²) >= 11 is 0. The summed E-state index contributed by atoms with van der Waals surface area (Å²) in [6.45, 7) is 0. The van der Waals surface area contributed by atoms with Gasteiger partial charge in [0.2, 0.25) is 0 Å². The van der Waals surface area contributed by atoms with Crippen molar-refractivity contribution in [2.24, 2.45) is 5.10 Å². The molecule has 0 saturated heterocycles. The molecule has 0 aliphatic heterocycles. The maximum Gasteiger partial charge on any atom is 0.164 e. The molecule has 1 aromatic heterocycles. The summed E-state index contributed by atoms with van der Waals surface area (Å²) in [5, 5.41) is 15.7. The highest BCUT2D eigenvalue weighted by atomic mass is 15.3. The van der Waals surface area contributed by atoms with E-state index in [1.54, 1.807) is 6.08 Å². The third-order valence-corrected chi connectivity index (χ3v) is 9.44. The third-order valence-electron chi connectivity index (χ3n) is 9.44. The van der Waals surface area contributed by atoms with Crippen molar-refractivity contribution in [2.75, 3.05) is 5.43 Å². The Morgan fingerprint density at radius 2 is 0.981 bits per heavy atom. The average molecular weight is 681 g/mol. The van der Waals surface area contributed by atoms with Crippen LogP contribution in [0.4, 0.5) is 5.69 Å². The molecule has 0 unspecified atom stereocenters. The first kappa shape index (κ1) is 31.7. The van der Waals surface area contributed by atoms with Crippen LogP contribution in [0.1, 0.15) is 11.1 Å². The zero-order valence-corrected chi connectivity index (χ0v) is 28.6. The predicted octanol–water partition coefficient (Wildman–Crippen LogP) is 11.2. The van der Waals surface area contributed by atoms with Crippen molar-refractivity contribution in [3.05, 3.63) is 187 Å². The Labute approximate surface area is 307 Å². The van der Waals surface area contributed by atoms with E-state index in [4.69, 9.17) is 25.5 Å². The first-order chi connectivity index (χ1) is 26.2. The zero-order chi connectivity index (χ0) is 35.6. The molecular formula is C47H32N6. The summed E-state index contributed by atoms with van der Waals surface area (Å²) in [6.07, 6.45) is 3.79. The van der Waals surface area contributed by atoms with Crippen LogP contribution < -0.4 is 5.43 Å². The second-order valence-electron chi connectivity index (χ2n) is 12.8. The molecule has 53 heavy (non-hydrogen) atoms. The Hall–Kier alpha value is -7.31. The molecular weight excluding hydrogens is 649 g/mol. The van der Waals surface area contributed by atoms with Crippen molar-refractivity contribution in [2.45, 2.75) is 0 Å². The summed E-state index contributed by atoms with van der Waals surface area (Å²) < 4.78 is 0. The van der Waals surface area contributed by atoms with Gasteiger partial charge < -0.3 is 0 Å².